The standard InChI is InChI=1S/C15H9F3N2O2S/c16-15(17,18)22-12-5-3-11(4-6-12)20-9-10(8-19)14(21)13-2-1-7-23-13/h1-7,9,20H. The van der Waals surface area contributed by atoms with Crippen LogP contribution < -0.4 is 10.1 Å². The smallest absolute Gasteiger partial charge is 0.406 e. The van der Waals surface area contributed by atoms with Crippen LogP contribution in [-0.4, -0.2) is 12.1 Å². The molecule has 8 heteroatoms. The molecule has 0 aliphatic rings. The molecule has 0 saturated heterocycles. The van der Waals surface area contributed by atoms with Gasteiger partial charge in [-0.15, -0.1) is 24.5 Å². The van der Waals surface area contributed by atoms with E-state index in [-0.39, 0.29) is 11.3 Å². The quantitative estimate of drug-likeness (QED) is 0.500. The fourth-order valence-corrected chi connectivity index (χ4v) is 2.28. The number of rotatable bonds is 5. The number of hydrogen-bond acceptors (Lipinski definition) is 5. The van der Waals surface area contributed by atoms with Crippen LogP contribution in [-0.2, 0) is 0 Å². The molecular weight excluding hydrogens is 329 g/mol. The number of benzene rings is 1. The van der Waals surface area contributed by atoms with Crippen molar-refractivity contribution in [3.05, 3.63) is 58.4 Å². The second kappa shape index (κ2) is 6.98. The topological polar surface area (TPSA) is 62.1 Å². The summed E-state index contributed by atoms with van der Waals surface area (Å²) in [7, 11) is 0. The normalized spacial score (nSPS) is 11.7. The second-order valence-electron chi connectivity index (χ2n) is 4.19. The Bertz CT molecular complexity index is 745. The molecule has 118 valence electrons. The van der Waals surface area contributed by atoms with Gasteiger partial charge in [-0.25, -0.2) is 0 Å². The molecule has 0 spiro atoms. The summed E-state index contributed by atoms with van der Waals surface area (Å²) in [6, 6.07) is 9.99. The molecule has 0 fully saturated rings. The van der Waals surface area contributed by atoms with Crippen molar-refractivity contribution >= 4 is 22.8 Å². The Labute approximate surface area is 133 Å². The fraction of sp³-hybridized carbons (Fsp3) is 0.0667. The zero-order valence-electron chi connectivity index (χ0n) is 11.4. The third-order valence-corrected chi connectivity index (χ3v) is 3.45. The summed E-state index contributed by atoms with van der Waals surface area (Å²) in [4.78, 5) is 12.4. The number of carbonyl (C=O) groups excluding carboxylic acids is 1. The lowest BCUT2D eigenvalue weighted by atomic mass is 10.2. The first kappa shape index (κ1) is 16.6. The van der Waals surface area contributed by atoms with Gasteiger partial charge in [0.05, 0.1) is 4.88 Å². The van der Waals surface area contributed by atoms with E-state index in [0.717, 1.165) is 12.1 Å². The van der Waals surface area contributed by atoms with Crippen LogP contribution in [0.2, 0.25) is 0 Å². The summed E-state index contributed by atoms with van der Waals surface area (Å²) in [6.45, 7) is 0. The number of alkyl halides is 3. The fourth-order valence-electron chi connectivity index (χ4n) is 1.60. The minimum atomic E-state index is -4.75. The van der Waals surface area contributed by atoms with Crippen molar-refractivity contribution in [2.24, 2.45) is 0 Å². The molecule has 4 nitrogen and oxygen atoms in total. The van der Waals surface area contributed by atoms with Gasteiger partial charge >= 0.3 is 6.36 Å². The lowest BCUT2D eigenvalue weighted by Gasteiger charge is -2.09. The molecule has 23 heavy (non-hydrogen) atoms. The maximum atomic E-state index is 12.0. The number of halogens is 3. The molecule has 0 radical (unpaired) electrons. The summed E-state index contributed by atoms with van der Waals surface area (Å²) in [6.07, 6.45) is -3.54. The van der Waals surface area contributed by atoms with E-state index in [1.54, 1.807) is 23.6 Å². The molecule has 0 amide bonds. The molecule has 0 aliphatic heterocycles. The molecule has 0 aliphatic carbocycles. The Kier molecular flexibility index (Phi) is 5.03. The van der Waals surface area contributed by atoms with Gasteiger partial charge in [-0.1, -0.05) is 6.07 Å². The van der Waals surface area contributed by atoms with Gasteiger partial charge in [-0.2, -0.15) is 5.26 Å². The Hall–Kier alpha value is -2.79. The molecule has 2 rings (SSSR count). The van der Waals surface area contributed by atoms with Crippen LogP contribution in [0.25, 0.3) is 0 Å². The Balaban J connectivity index is 2.06. The number of nitriles is 1. The summed E-state index contributed by atoms with van der Waals surface area (Å²) in [5, 5.41) is 13.4. The van der Waals surface area contributed by atoms with E-state index in [0.29, 0.717) is 10.6 Å². The van der Waals surface area contributed by atoms with Crippen LogP contribution in [0.15, 0.2) is 53.6 Å². The zero-order valence-corrected chi connectivity index (χ0v) is 12.2. The number of allylic oxidation sites excluding steroid dienone is 1. The van der Waals surface area contributed by atoms with E-state index in [4.69, 9.17) is 5.26 Å². The van der Waals surface area contributed by atoms with Crippen molar-refractivity contribution < 1.29 is 22.7 Å². The molecular formula is C15H9F3N2O2S. The van der Waals surface area contributed by atoms with Gasteiger partial charge < -0.3 is 10.1 Å². The van der Waals surface area contributed by atoms with Gasteiger partial charge in [0.1, 0.15) is 17.4 Å². The summed E-state index contributed by atoms with van der Waals surface area (Å²) in [5.41, 5.74) is 0.300. The van der Waals surface area contributed by atoms with Gasteiger partial charge in [0.15, 0.2) is 0 Å². The van der Waals surface area contributed by atoms with E-state index >= 15 is 0 Å². The number of anilines is 1. The van der Waals surface area contributed by atoms with E-state index in [1.807, 2.05) is 0 Å². The van der Waals surface area contributed by atoms with Gasteiger partial charge in [-0.3, -0.25) is 4.79 Å². The average molecular weight is 338 g/mol. The van der Waals surface area contributed by atoms with Crippen LogP contribution in [0, 0.1) is 11.3 Å². The van der Waals surface area contributed by atoms with Crippen molar-refractivity contribution in [3.63, 3.8) is 0 Å². The number of ether oxygens (including phenoxy) is 1. The number of carbonyl (C=O) groups is 1. The van der Waals surface area contributed by atoms with Crippen LogP contribution in [0.3, 0.4) is 0 Å². The SMILES string of the molecule is N#CC(=CNc1ccc(OC(F)(F)F)cc1)C(=O)c1cccs1. The number of Topliss-reactive ketones (excluding diaryl/α,β-unsaturated/α-hetero) is 1. The number of hydrogen-bond donors (Lipinski definition) is 1. The maximum Gasteiger partial charge on any atom is 0.573 e. The van der Waals surface area contributed by atoms with Gasteiger partial charge in [-0.05, 0) is 35.7 Å². The Morgan fingerprint density at radius 1 is 1.26 bits per heavy atom. The monoisotopic (exact) mass is 338 g/mol. The van der Waals surface area contributed by atoms with Gasteiger partial charge in [0, 0.05) is 11.9 Å². The highest BCUT2D eigenvalue weighted by Crippen LogP contribution is 2.24. The molecule has 0 saturated carbocycles. The zero-order chi connectivity index (χ0) is 16.9. The van der Waals surface area contributed by atoms with Crippen molar-refractivity contribution in [2.75, 3.05) is 5.32 Å². The summed E-state index contributed by atoms with van der Waals surface area (Å²) in [5.74, 6) is -0.783. The molecule has 1 N–H and O–H groups in total. The Morgan fingerprint density at radius 3 is 2.48 bits per heavy atom. The first-order chi connectivity index (χ1) is 10.9. The number of nitrogens with zero attached hydrogens (tertiary/aromatic N) is 1. The predicted molar refractivity (Wildman–Crippen MR) is 79.1 cm³/mol. The lowest BCUT2D eigenvalue weighted by molar-refractivity contribution is -0.274. The van der Waals surface area contributed by atoms with Crippen molar-refractivity contribution in [1.82, 2.24) is 0 Å². The highest BCUT2D eigenvalue weighted by atomic mass is 32.1. The van der Waals surface area contributed by atoms with Crippen LogP contribution in [0.5, 0.6) is 5.75 Å². The molecule has 0 unspecified atom stereocenters. The minimum absolute atomic E-state index is 0.108. The van der Waals surface area contributed by atoms with Crippen molar-refractivity contribution in [1.29, 1.82) is 5.26 Å². The molecule has 2 aromatic rings. The molecule has 0 bridgehead atoms. The second-order valence-corrected chi connectivity index (χ2v) is 5.14. The van der Waals surface area contributed by atoms with E-state index < -0.39 is 12.1 Å². The largest absolute Gasteiger partial charge is 0.573 e. The number of thiophene rings is 1. The lowest BCUT2D eigenvalue weighted by Crippen LogP contribution is -2.16. The van der Waals surface area contributed by atoms with Gasteiger partial charge in [0.25, 0.3) is 0 Å². The van der Waals surface area contributed by atoms with Crippen LogP contribution in [0.1, 0.15) is 9.67 Å². The highest BCUT2D eigenvalue weighted by Gasteiger charge is 2.30. The number of ketones is 1. The third kappa shape index (κ3) is 4.86. The van der Waals surface area contributed by atoms with Crippen molar-refractivity contribution in [2.45, 2.75) is 6.36 Å². The molecule has 1 aromatic heterocycles. The van der Waals surface area contributed by atoms with Gasteiger partial charge in [0.2, 0.25) is 5.78 Å². The van der Waals surface area contributed by atoms with Crippen LogP contribution in [0.4, 0.5) is 18.9 Å². The minimum Gasteiger partial charge on any atom is -0.406 e. The molecule has 1 heterocycles. The van der Waals surface area contributed by atoms with E-state index in [9.17, 15) is 18.0 Å². The first-order valence-electron chi connectivity index (χ1n) is 6.20. The van der Waals surface area contributed by atoms with Crippen molar-refractivity contribution in [3.8, 4) is 11.8 Å². The van der Waals surface area contributed by atoms with Crippen LogP contribution >= 0.6 is 11.3 Å². The average Bonchev–Trinajstić information content (AvgIpc) is 3.02. The predicted octanol–water partition coefficient (Wildman–Crippen LogP) is 4.35. The first-order valence-corrected chi connectivity index (χ1v) is 7.08. The summed E-state index contributed by atoms with van der Waals surface area (Å²) < 4.78 is 39.9. The van der Waals surface area contributed by atoms with E-state index in [1.165, 1.54) is 29.7 Å². The maximum absolute atomic E-state index is 12.0. The molecule has 0 atom stereocenters. The Morgan fingerprint density at radius 2 is 1.96 bits per heavy atom. The molecule has 1 aromatic carbocycles. The number of nitrogens with one attached hydrogen (secondary N) is 1. The highest BCUT2D eigenvalue weighted by molar-refractivity contribution is 7.12. The third-order valence-electron chi connectivity index (χ3n) is 2.58. The van der Waals surface area contributed by atoms with E-state index in [2.05, 4.69) is 10.1 Å². The summed E-state index contributed by atoms with van der Waals surface area (Å²) >= 11 is 1.21.